The molecule has 1 amide bonds. The van der Waals surface area contributed by atoms with Crippen LogP contribution < -0.4 is 5.73 Å². The van der Waals surface area contributed by atoms with Gasteiger partial charge in [-0.2, -0.15) is 0 Å². The molecule has 0 saturated carbocycles. The van der Waals surface area contributed by atoms with Gasteiger partial charge in [-0.1, -0.05) is 0 Å². The van der Waals surface area contributed by atoms with Crippen LogP contribution in [0.2, 0.25) is 0 Å². The molecule has 2 unspecified atom stereocenters. The molecule has 94 valence electrons. The second-order valence-electron chi connectivity index (χ2n) is 4.43. The lowest BCUT2D eigenvalue weighted by atomic mass is 10.1. The Morgan fingerprint density at radius 2 is 2.35 bits per heavy atom. The van der Waals surface area contributed by atoms with Crippen molar-refractivity contribution in [2.75, 3.05) is 19.7 Å². The van der Waals surface area contributed by atoms with E-state index in [1.54, 1.807) is 17.0 Å². The summed E-state index contributed by atoms with van der Waals surface area (Å²) in [6.45, 7) is 5.34. The van der Waals surface area contributed by atoms with E-state index in [-0.39, 0.29) is 18.1 Å². The lowest BCUT2D eigenvalue weighted by Crippen LogP contribution is -2.51. The molecule has 5 heteroatoms. The molecule has 1 aromatic heterocycles. The molecule has 0 radical (unpaired) electrons. The molecule has 17 heavy (non-hydrogen) atoms. The quantitative estimate of drug-likeness (QED) is 0.826. The van der Waals surface area contributed by atoms with Crippen molar-refractivity contribution in [2.45, 2.75) is 26.0 Å². The van der Waals surface area contributed by atoms with E-state index in [1.807, 2.05) is 13.8 Å². The second kappa shape index (κ2) is 4.89. The predicted molar refractivity (Wildman–Crippen MR) is 62.7 cm³/mol. The van der Waals surface area contributed by atoms with Crippen molar-refractivity contribution in [1.82, 2.24) is 4.90 Å². The number of nitrogens with zero attached hydrogens (tertiary/aromatic N) is 1. The van der Waals surface area contributed by atoms with E-state index >= 15 is 0 Å². The first-order valence-corrected chi connectivity index (χ1v) is 5.81. The first-order valence-electron chi connectivity index (χ1n) is 5.81. The van der Waals surface area contributed by atoms with E-state index in [1.165, 1.54) is 0 Å². The highest BCUT2D eigenvalue weighted by atomic mass is 16.5. The Morgan fingerprint density at radius 1 is 1.59 bits per heavy atom. The molecule has 1 aliphatic rings. The highest BCUT2D eigenvalue weighted by Crippen LogP contribution is 2.14. The number of hydrogen-bond acceptors (Lipinski definition) is 4. The van der Waals surface area contributed by atoms with Gasteiger partial charge in [0.15, 0.2) is 5.76 Å². The Morgan fingerprint density at radius 3 is 2.94 bits per heavy atom. The summed E-state index contributed by atoms with van der Waals surface area (Å²) in [4.78, 5) is 13.8. The van der Waals surface area contributed by atoms with E-state index in [2.05, 4.69) is 0 Å². The van der Waals surface area contributed by atoms with Crippen molar-refractivity contribution >= 4 is 5.91 Å². The number of furan rings is 1. The number of carbonyl (C=O) groups excluding carboxylic acids is 1. The molecule has 2 N–H and O–H groups in total. The summed E-state index contributed by atoms with van der Waals surface area (Å²) in [6.07, 6.45) is -0.0937. The van der Waals surface area contributed by atoms with E-state index in [0.29, 0.717) is 25.5 Å². The van der Waals surface area contributed by atoms with Gasteiger partial charge in [-0.25, -0.2) is 0 Å². The summed E-state index contributed by atoms with van der Waals surface area (Å²) in [5, 5.41) is 0. The van der Waals surface area contributed by atoms with Crippen LogP contribution >= 0.6 is 0 Å². The van der Waals surface area contributed by atoms with Crippen LogP contribution in [0.15, 0.2) is 16.5 Å². The molecule has 1 aliphatic heterocycles. The number of hydrogen-bond donors (Lipinski definition) is 1. The Balaban J connectivity index is 2.04. The Bertz CT molecular complexity index is 400. The smallest absolute Gasteiger partial charge is 0.289 e. The summed E-state index contributed by atoms with van der Waals surface area (Å²) in [6, 6.07) is 3.41. The van der Waals surface area contributed by atoms with Crippen LogP contribution in [0.5, 0.6) is 0 Å². The van der Waals surface area contributed by atoms with Gasteiger partial charge in [0.25, 0.3) is 5.91 Å². The average Bonchev–Trinajstić information content (AvgIpc) is 2.75. The van der Waals surface area contributed by atoms with Gasteiger partial charge in [0, 0.05) is 19.1 Å². The largest absolute Gasteiger partial charge is 0.456 e. The van der Waals surface area contributed by atoms with E-state index in [9.17, 15) is 4.79 Å². The zero-order valence-corrected chi connectivity index (χ0v) is 10.2. The van der Waals surface area contributed by atoms with Crippen LogP contribution in [0.4, 0.5) is 0 Å². The van der Waals surface area contributed by atoms with Gasteiger partial charge in [0.1, 0.15) is 5.76 Å². The van der Waals surface area contributed by atoms with Crippen LogP contribution in [0.25, 0.3) is 0 Å². The number of nitrogens with two attached hydrogens (primary N) is 1. The standard InChI is InChI=1S/C12H18N2O3/c1-8-3-4-10(17-8)12(15)14-5-6-16-11(7-14)9(2)13/h3-4,9,11H,5-7,13H2,1-2H3. The van der Waals surface area contributed by atoms with E-state index in [0.717, 1.165) is 5.76 Å². The zero-order valence-electron chi connectivity index (χ0n) is 10.2. The summed E-state index contributed by atoms with van der Waals surface area (Å²) in [7, 11) is 0. The fourth-order valence-electron chi connectivity index (χ4n) is 1.88. The van der Waals surface area contributed by atoms with E-state index in [4.69, 9.17) is 14.9 Å². The normalized spacial score (nSPS) is 22.5. The number of aryl methyl sites for hydroxylation is 1. The molecule has 2 atom stereocenters. The van der Waals surface area contributed by atoms with Crippen molar-refractivity contribution < 1.29 is 13.9 Å². The number of rotatable bonds is 2. The van der Waals surface area contributed by atoms with Crippen molar-refractivity contribution in [1.29, 1.82) is 0 Å². The fraction of sp³-hybridized carbons (Fsp3) is 0.583. The topological polar surface area (TPSA) is 68.7 Å². The second-order valence-corrected chi connectivity index (χ2v) is 4.43. The maximum Gasteiger partial charge on any atom is 0.289 e. The van der Waals surface area contributed by atoms with Gasteiger partial charge in [0.2, 0.25) is 0 Å². The number of amides is 1. The molecular weight excluding hydrogens is 220 g/mol. The molecule has 1 aromatic rings. The third-order valence-electron chi connectivity index (χ3n) is 2.92. The molecule has 0 bridgehead atoms. The highest BCUT2D eigenvalue weighted by Gasteiger charge is 2.28. The van der Waals surface area contributed by atoms with Gasteiger partial charge in [-0.15, -0.1) is 0 Å². The van der Waals surface area contributed by atoms with Crippen LogP contribution in [0.3, 0.4) is 0 Å². The predicted octanol–water partition coefficient (Wildman–Crippen LogP) is 0.776. The average molecular weight is 238 g/mol. The maximum absolute atomic E-state index is 12.1. The SMILES string of the molecule is Cc1ccc(C(=O)N2CCOC(C(C)N)C2)o1. The van der Waals surface area contributed by atoms with Gasteiger partial charge < -0.3 is 19.8 Å². The summed E-state index contributed by atoms with van der Waals surface area (Å²) >= 11 is 0. The first-order chi connectivity index (χ1) is 8.08. The third kappa shape index (κ3) is 2.68. The van der Waals surface area contributed by atoms with Crippen molar-refractivity contribution in [3.05, 3.63) is 23.7 Å². The Hall–Kier alpha value is -1.33. The Labute approximate surface area is 101 Å². The monoisotopic (exact) mass is 238 g/mol. The molecule has 1 fully saturated rings. The van der Waals surface area contributed by atoms with Crippen molar-refractivity contribution in [3.8, 4) is 0 Å². The lowest BCUT2D eigenvalue weighted by molar-refractivity contribution is -0.0308. The molecule has 0 spiro atoms. The minimum atomic E-state index is -0.0937. The molecule has 2 heterocycles. The summed E-state index contributed by atoms with van der Waals surface area (Å²) in [5.41, 5.74) is 5.79. The molecule has 5 nitrogen and oxygen atoms in total. The molecule has 1 saturated heterocycles. The molecule has 0 aliphatic carbocycles. The van der Waals surface area contributed by atoms with Gasteiger partial charge >= 0.3 is 0 Å². The summed E-state index contributed by atoms with van der Waals surface area (Å²) < 4.78 is 10.8. The number of morpholine rings is 1. The maximum atomic E-state index is 12.1. The minimum Gasteiger partial charge on any atom is -0.456 e. The minimum absolute atomic E-state index is 0.0797. The van der Waals surface area contributed by atoms with E-state index < -0.39 is 0 Å². The molecular formula is C12H18N2O3. The zero-order chi connectivity index (χ0) is 12.4. The first kappa shape index (κ1) is 12.1. The number of carbonyl (C=O) groups is 1. The third-order valence-corrected chi connectivity index (χ3v) is 2.92. The van der Waals surface area contributed by atoms with Crippen molar-refractivity contribution in [2.24, 2.45) is 5.73 Å². The summed E-state index contributed by atoms with van der Waals surface area (Å²) in [5.74, 6) is 1.03. The van der Waals surface area contributed by atoms with Gasteiger partial charge in [0.05, 0.1) is 12.7 Å². The highest BCUT2D eigenvalue weighted by molar-refractivity contribution is 5.91. The van der Waals surface area contributed by atoms with Crippen LogP contribution in [-0.2, 0) is 4.74 Å². The molecule has 2 rings (SSSR count). The lowest BCUT2D eigenvalue weighted by Gasteiger charge is -2.34. The van der Waals surface area contributed by atoms with Crippen LogP contribution in [0, 0.1) is 6.92 Å². The fourth-order valence-corrected chi connectivity index (χ4v) is 1.88. The van der Waals surface area contributed by atoms with Gasteiger partial charge in [-0.3, -0.25) is 4.79 Å². The molecule has 0 aromatic carbocycles. The van der Waals surface area contributed by atoms with Gasteiger partial charge in [-0.05, 0) is 26.0 Å². The van der Waals surface area contributed by atoms with Crippen LogP contribution in [0.1, 0.15) is 23.2 Å². The Kier molecular flexibility index (Phi) is 3.49. The van der Waals surface area contributed by atoms with Crippen molar-refractivity contribution in [3.63, 3.8) is 0 Å². The van der Waals surface area contributed by atoms with Crippen LogP contribution in [-0.4, -0.2) is 42.6 Å². The number of ether oxygens (including phenoxy) is 1.